The van der Waals surface area contributed by atoms with Crippen molar-refractivity contribution in [1.29, 1.82) is 0 Å². The van der Waals surface area contributed by atoms with Crippen LogP contribution in [0.5, 0.6) is 5.75 Å². The summed E-state index contributed by atoms with van der Waals surface area (Å²) in [6, 6.07) is 23.0. The maximum Gasteiger partial charge on any atom is 0.256 e. The molecule has 1 amide bonds. The molecular weight excluding hydrogens is 418 g/mol. The van der Waals surface area contributed by atoms with Crippen LogP contribution in [0.15, 0.2) is 79.0 Å². The molecule has 6 heteroatoms. The molecule has 5 nitrogen and oxygen atoms in total. The molecule has 0 aliphatic rings. The maximum absolute atomic E-state index is 12.9. The smallest absolute Gasteiger partial charge is 0.256 e. The van der Waals surface area contributed by atoms with Gasteiger partial charge in [-0.2, -0.15) is 0 Å². The normalized spacial score (nSPS) is 11.6. The first-order valence-electron chi connectivity index (χ1n) is 10.3. The molecule has 0 aliphatic carbocycles. The molecule has 1 atom stereocenters. The molecule has 4 rings (SSSR count). The summed E-state index contributed by atoms with van der Waals surface area (Å²) in [4.78, 5) is 18.5. The molecule has 0 saturated heterocycles. The van der Waals surface area contributed by atoms with E-state index in [1.165, 1.54) is 0 Å². The quantitative estimate of drug-likeness (QED) is 0.356. The second kappa shape index (κ2) is 9.66. The fraction of sp³-hybridized carbons (Fsp3) is 0.154. The van der Waals surface area contributed by atoms with Crippen molar-refractivity contribution in [3.05, 3.63) is 106 Å². The van der Waals surface area contributed by atoms with Gasteiger partial charge in [-0.1, -0.05) is 30.3 Å². The molecule has 4 aromatic rings. The van der Waals surface area contributed by atoms with Gasteiger partial charge in [0.25, 0.3) is 5.91 Å². The number of nitrogens with zero attached hydrogens (tertiary/aromatic N) is 1. The van der Waals surface area contributed by atoms with Crippen LogP contribution in [0.25, 0.3) is 0 Å². The van der Waals surface area contributed by atoms with Gasteiger partial charge in [0.05, 0.1) is 13.2 Å². The Morgan fingerprint density at radius 1 is 1.00 bits per heavy atom. The standard InChI is InChI=1S/C26H25N3O2S/c1-17-12-13-27-23(14-17)28-24(20-10-7-11-21(16-20)31-3)22-15-18(2)32-26(22)29-25(30)19-8-5-4-6-9-19/h4-16,24H,1-3H3,(H,27,28)(H,29,30)/t24-/m0/s1. The molecular formula is C26H25N3O2S. The molecule has 162 valence electrons. The molecule has 0 aliphatic heterocycles. The molecule has 2 aromatic carbocycles. The van der Waals surface area contributed by atoms with E-state index in [1.807, 2.05) is 80.6 Å². The van der Waals surface area contributed by atoms with Gasteiger partial charge in [-0.3, -0.25) is 4.79 Å². The Morgan fingerprint density at radius 3 is 2.56 bits per heavy atom. The first kappa shape index (κ1) is 21.6. The van der Waals surface area contributed by atoms with Crippen LogP contribution in [-0.2, 0) is 0 Å². The molecule has 2 heterocycles. The molecule has 2 aromatic heterocycles. The minimum absolute atomic E-state index is 0.133. The number of aryl methyl sites for hydroxylation is 2. The van der Waals surface area contributed by atoms with Crippen molar-refractivity contribution >= 4 is 28.1 Å². The van der Waals surface area contributed by atoms with E-state index >= 15 is 0 Å². The van der Waals surface area contributed by atoms with Crippen molar-refractivity contribution < 1.29 is 9.53 Å². The second-order valence-corrected chi connectivity index (χ2v) is 8.79. The van der Waals surface area contributed by atoms with Crippen molar-refractivity contribution in [2.45, 2.75) is 19.9 Å². The van der Waals surface area contributed by atoms with Crippen LogP contribution in [0.4, 0.5) is 10.8 Å². The molecule has 0 fully saturated rings. The van der Waals surface area contributed by atoms with E-state index in [9.17, 15) is 4.79 Å². The lowest BCUT2D eigenvalue weighted by Gasteiger charge is -2.22. The number of amides is 1. The lowest BCUT2D eigenvalue weighted by atomic mass is 9.99. The molecule has 2 N–H and O–H groups in total. The summed E-state index contributed by atoms with van der Waals surface area (Å²) in [6.07, 6.45) is 1.79. The minimum atomic E-state index is -0.226. The lowest BCUT2D eigenvalue weighted by Crippen LogP contribution is -2.17. The van der Waals surface area contributed by atoms with Crippen LogP contribution in [0, 0.1) is 13.8 Å². The molecule has 0 bridgehead atoms. The highest BCUT2D eigenvalue weighted by Gasteiger charge is 2.22. The molecule has 0 saturated carbocycles. The van der Waals surface area contributed by atoms with Crippen LogP contribution < -0.4 is 15.4 Å². The first-order chi connectivity index (χ1) is 15.5. The zero-order chi connectivity index (χ0) is 22.5. The number of nitrogens with one attached hydrogen (secondary N) is 2. The Morgan fingerprint density at radius 2 is 1.81 bits per heavy atom. The largest absolute Gasteiger partial charge is 0.497 e. The Labute approximate surface area is 192 Å². The van der Waals surface area contributed by atoms with Crippen molar-refractivity contribution in [2.75, 3.05) is 17.7 Å². The predicted molar refractivity (Wildman–Crippen MR) is 131 cm³/mol. The summed E-state index contributed by atoms with van der Waals surface area (Å²) >= 11 is 1.56. The Kier molecular flexibility index (Phi) is 6.52. The monoisotopic (exact) mass is 443 g/mol. The van der Waals surface area contributed by atoms with Gasteiger partial charge in [-0.25, -0.2) is 4.98 Å². The predicted octanol–water partition coefficient (Wildman–Crippen LogP) is 6.22. The van der Waals surface area contributed by atoms with E-state index < -0.39 is 0 Å². The molecule has 0 radical (unpaired) electrons. The number of hydrogen-bond donors (Lipinski definition) is 2. The number of aromatic nitrogens is 1. The maximum atomic E-state index is 12.9. The van der Waals surface area contributed by atoms with Crippen molar-refractivity contribution in [3.8, 4) is 5.75 Å². The van der Waals surface area contributed by atoms with Gasteiger partial charge in [0, 0.05) is 22.2 Å². The summed E-state index contributed by atoms with van der Waals surface area (Å²) < 4.78 is 5.46. The van der Waals surface area contributed by atoms with Crippen molar-refractivity contribution in [2.24, 2.45) is 0 Å². The highest BCUT2D eigenvalue weighted by Crippen LogP contribution is 2.38. The van der Waals surface area contributed by atoms with Crippen LogP contribution >= 0.6 is 11.3 Å². The number of hydrogen-bond acceptors (Lipinski definition) is 5. The number of thiophene rings is 1. The van der Waals surface area contributed by atoms with E-state index in [1.54, 1.807) is 24.6 Å². The summed E-state index contributed by atoms with van der Waals surface area (Å²) in [7, 11) is 1.66. The third kappa shape index (κ3) is 4.98. The number of benzene rings is 2. The minimum Gasteiger partial charge on any atom is -0.497 e. The van der Waals surface area contributed by atoms with Gasteiger partial charge in [0.1, 0.15) is 16.6 Å². The summed E-state index contributed by atoms with van der Waals surface area (Å²) in [5, 5.41) is 7.48. The van der Waals surface area contributed by atoms with Crippen molar-refractivity contribution in [1.82, 2.24) is 4.98 Å². The average Bonchev–Trinajstić information content (AvgIpc) is 3.17. The SMILES string of the molecule is COc1cccc([C@H](Nc2cc(C)ccn2)c2cc(C)sc2NC(=O)c2ccccc2)c1. The van der Waals surface area contributed by atoms with Gasteiger partial charge >= 0.3 is 0 Å². The Bertz CT molecular complexity index is 1220. The fourth-order valence-electron chi connectivity index (χ4n) is 3.54. The number of ether oxygens (including phenoxy) is 1. The second-order valence-electron chi connectivity index (χ2n) is 7.53. The van der Waals surface area contributed by atoms with E-state index in [0.29, 0.717) is 5.56 Å². The zero-order valence-electron chi connectivity index (χ0n) is 18.3. The molecule has 0 spiro atoms. The van der Waals surface area contributed by atoms with E-state index in [2.05, 4.69) is 21.7 Å². The number of methoxy groups -OCH3 is 1. The number of carbonyl (C=O) groups excluding carboxylic acids is 1. The van der Waals surface area contributed by atoms with Crippen LogP contribution in [-0.4, -0.2) is 18.0 Å². The van der Waals surface area contributed by atoms with Crippen LogP contribution in [0.3, 0.4) is 0 Å². The average molecular weight is 444 g/mol. The Balaban J connectivity index is 1.74. The summed E-state index contributed by atoms with van der Waals surface area (Å²) in [5.41, 5.74) is 3.73. The number of rotatable bonds is 7. The van der Waals surface area contributed by atoms with E-state index in [0.717, 1.165) is 38.1 Å². The van der Waals surface area contributed by atoms with Crippen LogP contribution in [0.2, 0.25) is 0 Å². The lowest BCUT2D eigenvalue weighted by molar-refractivity contribution is 0.102. The van der Waals surface area contributed by atoms with E-state index in [-0.39, 0.29) is 11.9 Å². The van der Waals surface area contributed by atoms with Crippen LogP contribution in [0.1, 0.15) is 38.0 Å². The van der Waals surface area contributed by atoms with Gasteiger partial charge in [0.15, 0.2) is 0 Å². The van der Waals surface area contributed by atoms with Gasteiger partial charge < -0.3 is 15.4 Å². The van der Waals surface area contributed by atoms with E-state index in [4.69, 9.17) is 4.74 Å². The summed E-state index contributed by atoms with van der Waals surface area (Å²) in [6.45, 7) is 4.08. The Hall–Kier alpha value is -3.64. The van der Waals surface area contributed by atoms with Gasteiger partial charge in [-0.05, 0) is 67.4 Å². The number of pyridine rings is 1. The highest BCUT2D eigenvalue weighted by molar-refractivity contribution is 7.16. The number of carbonyl (C=O) groups is 1. The first-order valence-corrected chi connectivity index (χ1v) is 11.1. The third-order valence-electron chi connectivity index (χ3n) is 5.09. The topological polar surface area (TPSA) is 63.2 Å². The van der Waals surface area contributed by atoms with Crippen molar-refractivity contribution in [3.63, 3.8) is 0 Å². The highest BCUT2D eigenvalue weighted by atomic mass is 32.1. The third-order valence-corrected chi connectivity index (χ3v) is 6.07. The molecule has 32 heavy (non-hydrogen) atoms. The summed E-state index contributed by atoms with van der Waals surface area (Å²) in [5.74, 6) is 1.40. The number of anilines is 2. The van der Waals surface area contributed by atoms with Gasteiger partial charge in [-0.15, -0.1) is 11.3 Å². The fourth-order valence-corrected chi connectivity index (χ4v) is 4.48. The zero-order valence-corrected chi connectivity index (χ0v) is 19.1. The van der Waals surface area contributed by atoms with Gasteiger partial charge in [0.2, 0.25) is 0 Å². The molecule has 0 unspecified atom stereocenters.